The van der Waals surface area contributed by atoms with E-state index in [0.29, 0.717) is 16.3 Å². The van der Waals surface area contributed by atoms with E-state index in [1.54, 1.807) is 32.0 Å². The van der Waals surface area contributed by atoms with E-state index in [1.807, 2.05) is 30.3 Å². The van der Waals surface area contributed by atoms with Crippen LogP contribution < -0.4 is 21.1 Å². The van der Waals surface area contributed by atoms with E-state index >= 15 is 0 Å². The molecule has 0 aliphatic rings. The summed E-state index contributed by atoms with van der Waals surface area (Å²) in [6.07, 6.45) is -0.603. The van der Waals surface area contributed by atoms with E-state index in [1.165, 1.54) is 7.11 Å². The number of halogens is 1. The molecule has 0 aliphatic heterocycles. The number of ether oxygens (including phenoxy) is 2. The van der Waals surface area contributed by atoms with Crippen LogP contribution in [0.5, 0.6) is 5.75 Å². The van der Waals surface area contributed by atoms with Crippen LogP contribution in [-0.2, 0) is 27.4 Å². The highest BCUT2D eigenvalue weighted by atomic mass is 35.5. The standard InChI is InChI=1S/C23H28ClN3O5/c1-14(2)20(27-23(30)32-13-15-7-5-4-6-8-15)22(29)26-18(21(25)28)12-16-9-10-19(31-3)17(24)11-16/h4-11,14,18,20H,12-13H2,1-3H3,(H2,25,28)(H,26,29)(H,27,30)/t18-,20+/m1/s1. The van der Waals surface area contributed by atoms with Crippen LogP contribution in [0.1, 0.15) is 25.0 Å². The lowest BCUT2D eigenvalue weighted by Gasteiger charge is -2.24. The van der Waals surface area contributed by atoms with Gasteiger partial charge in [-0.3, -0.25) is 9.59 Å². The number of rotatable bonds is 10. The number of primary amides is 1. The Balaban J connectivity index is 2.01. The van der Waals surface area contributed by atoms with Crippen molar-refractivity contribution in [2.75, 3.05) is 7.11 Å². The zero-order valence-corrected chi connectivity index (χ0v) is 19.0. The molecule has 0 saturated heterocycles. The van der Waals surface area contributed by atoms with E-state index in [4.69, 9.17) is 26.8 Å². The number of hydrogen-bond acceptors (Lipinski definition) is 5. The number of nitrogens with two attached hydrogens (primary N) is 1. The van der Waals surface area contributed by atoms with Gasteiger partial charge in [0.25, 0.3) is 0 Å². The third-order valence-corrected chi connectivity index (χ3v) is 5.05. The molecule has 0 unspecified atom stereocenters. The molecule has 2 aromatic carbocycles. The van der Waals surface area contributed by atoms with Crippen molar-refractivity contribution in [3.8, 4) is 5.75 Å². The van der Waals surface area contributed by atoms with Crippen molar-refractivity contribution in [3.05, 3.63) is 64.7 Å². The van der Waals surface area contributed by atoms with Gasteiger partial charge in [0.1, 0.15) is 24.4 Å². The second-order valence-corrected chi connectivity index (χ2v) is 7.97. The van der Waals surface area contributed by atoms with E-state index in [9.17, 15) is 14.4 Å². The zero-order valence-electron chi connectivity index (χ0n) is 18.3. The second-order valence-electron chi connectivity index (χ2n) is 7.56. The summed E-state index contributed by atoms with van der Waals surface area (Å²) in [7, 11) is 1.50. The summed E-state index contributed by atoms with van der Waals surface area (Å²) in [5.74, 6) is -1.02. The molecule has 8 nitrogen and oxygen atoms in total. The van der Waals surface area contributed by atoms with Gasteiger partial charge in [0, 0.05) is 6.42 Å². The maximum absolute atomic E-state index is 12.8. The number of carbonyl (C=O) groups is 3. The summed E-state index contributed by atoms with van der Waals surface area (Å²) in [5.41, 5.74) is 7.00. The molecule has 0 aliphatic carbocycles. The molecule has 172 valence electrons. The fourth-order valence-corrected chi connectivity index (χ4v) is 3.26. The second kappa shape index (κ2) is 12.0. The first-order valence-corrected chi connectivity index (χ1v) is 10.5. The van der Waals surface area contributed by atoms with Gasteiger partial charge in [0.2, 0.25) is 11.8 Å². The van der Waals surface area contributed by atoms with Crippen molar-refractivity contribution in [2.45, 2.75) is 39.0 Å². The van der Waals surface area contributed by atoms with Gasteiger partial charge in [-0.15, -0.1) is 0 Å². The van der Waals surface area contributed by atoms with Gasteiger partial charge in [-0.25, -0.2) is 4.79 Å². The van der Waals surface area contributed by atoms with E-state index in [0.717, 1.165) is 5.56 Å². The van der Waals surface area contributed by atoms with Crippen LogP contribution >= 0.6 is 11.6 Å². The summed E-state index contributed by atoms with van der Waals surface area (Å²) in [5, 5.41) is 5.55. The average Bonchev–Trinajstić information content (AvgIpc) is 2.76. The Morgan fingerprint density at radius 2 is 1.72 bits per heavy atom. The van der Waals surface area contributed by atoms with Gasteiger partial charge in [0.15, 0.2) is 0 Å². The Labute approximate surface area is 192 Å². The molecule has 9 heteroatoms. The van der Waals surface area contributed by atoms with Gasteiger partial charge >= 0.3 is 6.09 Å². The summed E-state index contributed by atoms with van der Waals surface area (Å²) in [6, 6.07) is 12.3. The Bertz CT molecular complexity index is 936. The van der Waals surface area contributed by atoms with Gasteiger partial charge in [-0.2, -0.15) is 0 Å². The minimum atomic E-state index is -0.990. The van der Waals surface area contributed by atoms with Crippen LogP contribution in [0.3, 0.4) is 0 Å². The van der Waals surface area contributed by atoms with E-state index in [-0.39, 0.29) is 18.9 Å². The number of amides is 3. The van der Waals surface area contributed by atoms with Crippen LogP contribution in [0, 0.1) is 5.92 Å². The van der Waals surface area contributed by atoms with Crippen LogP contribution in [0.15, 0.2) is 48.5 Å². The van der Waals surface area contributed by atoms with Crippen molar-refractivity contribution < 1.29 is 23.9 Å². The molecule has 0 fully saturated rings. The van der Waals surface area contributed by atoms with Gasteiger partial charge in [0.05, 0.1) is 12.1 Å². The number of nitrogens with one attached hydrogen (secondary N) is 2. The molecule has 0 heterocycles. The van der Waals surface area contributed by atoms with Gasteiger partial charge < -0.3 is 25.8 Å². The molecule has 2 aromatic rings. The molecule has 0 aromatic heterocycles. The minimum absolute atomic E-state index is 0.0707. The van der Waals surface area contributed by atoms with Crippen molar-refractivity contribution in [1.29, 1.82) is 0 Å². The lowest BCUT2D eigenvalue weighted by Crippen LogP contribution is -2.55. The number of benzene rings is 2. The third-order valence-electron chi connectivity index (χ3n) is 4.75. The van der Waals surface area contributed by atoms with Crippen molar-refractivity contribution in [2.24, 2.45) is 11.7 Å². The maximum atomic E-state index is 12.8. The summed E-state index contributed by atoms with van der Waals surface area (Å²) < 4.78 is 10.3. The Morgan fingerprint density at radius 3 is 2.28 bits per heavy atom. The molecule has 0 spiro atoms. The first-order chi connectivity index (χ1) is 15.2. The van der Waals surface area contributed by atoms with Crippen molar-refractivity contribution >= 4 is 29.5 Å². The number of hydrogen-bond donors (Lipinski definition) is 3. The first kappa shape index (κ1) is 25.0. The predicted octanol–water partition coefficient (Wildman–Crippen LogP) is 2.81. The third kappa shape index (κ3) is 7.46. The summed E-state index contributed by atoms with van der Waals surface area (Å²) >= 11 is 6.13. The van der Waals surface area contributed by atoms with Crippen LogP contribution in [-0.4, -0.2) is 37.1 Å². The van der Waals surface area contributed by atoms with Crippen molar-refractivity contribution in [3.63, 3.8) is 0 Å². The predicted molar refractivity (Wildman–Crippen MR) is 121 cm³/mol. The SMILES string of the molecule is COc1ccc(C[C@@H](NC(=O)[C@@H](NC(=O)OCc2ccccc2)C(C)C)C(N)=O)cc1Cl. The van der Waals surface area contributed by atoms with Crippen molar-refractivity contribution in [1.82, 2.24) is 10.6 Å². The largest absolute Gasteiger partial charge is 0.495 e. The number of carbonyl (C=O) groups excluding carboxylic acids is 3. The zero-order chi connectivity index (χ0) is 23.7. The lowest BCUT2D eigenvalue weighted by atomic mass is 10.0. The molecule has 2 rings (SSSR count). The van der Waals surface area contributed by atoms with E-state index < -0.39 is 30.0 Å². The van der Waals surface area contributed by atoms with E-state index in [2.05, 4.69) is 10.6 Å². The molecule has 2 atom stereocenters. The molecule has 3 amide bonds. The van der Waals surface area contributed by atoms with Gasteiger partial charge in [-0.05, 0) is 29.2 Å². The molecule has 0 saturated carbocycles. The number of alkyl carbamates (subject to hydrolysis) is 1. The maximum Gasteiger partial charge on any atom is 0.408 e. The first-order valence-electron chi connectivity index (χ1n) is 10.1. The molecule has 32 heavy (non-hydrogen) atoms. The highest BCUT2D eigenvalue weighted by molar-refractivity contribution is 6.32. The Kier molecular flexibility index (Phi) is 9.34. The Morgan fingerprint density at radius 1 is 1.03 bits per heavy atom. The number of methoxy groups -OCH3 is 1. The van der Waals surface area contributed by atoms with Crippen LogP contribution in [0.25, 0.3) is 0 Å². The quantitative estimate of drug-likeness (QED) is 0.502. The highest BCUT2D eigenvalue weighted by Crippen LogP contribution is 2.25. The van der Waals surface area contributed by atoms with Gasteiger partial charge in [-0.1, -0.05) is 61.8 Å². The summed E-state index contributed by atoms with van der Waals surface area (Å²) in [6.45, 7) is 3.61. The smallest absolute Gasteiger partial charge is 0.408 e. The fraction of sp³-hybridized carbons (Fsp3) is 0.348. The molecule has 0 bridgehead atoms. The highest BCUT2D eigenvalue weighted by Gasteiger charge is 2.28. The Hall–Kier alpha value is -3.26. The monoisotopic (exact) mass is 461 g/mol. The lowest BCUT2D eigenvalue weighted by molar-refractivity contribution is -0.129. The molecular weight excluding hydrogens is 434 g/mol. The molecule has 0 radical (unpaired) electrons. The molecular formula is C23H28ClN3O5. The minimum Gasteiger partial charge on any atom is -0.495 e. The topological polar surface area (TPSA) is 120 Å². The average molecular weight is 462 g/mol. The fourth-order valence-electron chi connectivity index (χ4n) is 2.98. The molecule has 4 N–H and O–H groups in total. The normalized spacial score (nSPS) is 12.5. The van der Waals surface area contributed by atoms with Crippen LogP contribution in [0.4, 0.5) is 4.79 Å². The summed E-state index contributed by atoms with van der Waals surface area (Å²) in [4.78, 5) is 37.0. The van der Waals surface area contributed by atoms with Crippen LogP contribution in [0.2, 0.25) is 5.02 Å².